The summed E-state index contributed by atoms with van der Waals surface area (Å²) < 4.78 is 0. The predicted molar refractivity (Wildman–Crippen MR) is 51.1 cm³/mol. The van der Waals surface area contributed by atoms with Gasteiger partial charge < -0.3 is 0 Å². The molecular weight excluding hydrogens is 131 g/mol. The lowest BCUT2D eigenvalue weighted by atomic mass is 9.78. The van der Waals surface area contributed by atoms with Gasteiger partial charge in [-0.25, -0.2) is 0 Å². The second-order valence-electron chi connectivity index (χ2n) is 3.81. The minimum Gasteiger partial charge on any atom is -0.0774 e. The molecule has 0 N–H and O–H groups in total. The molecule has 11 heavy (non-hydrogen) atoms. The SMILES string of the molecule is [B]C1CCCCCCCCC1. The first-order chi connectivity index (χ1) is 5.39. The highest BCUT2D eigenvalue weighted by Gasteiger charge is 2.03. The quantitative estimate of drug-likeness (QED) is 0.464. The fraction of sp³-hybridized carbons (Fsp3) is 1.00. The molecule has 0 aromatic carbocycles. The van der Waals surface area contributed by atoms with Gasteiger partial charge in [0.05, 0.1) is 7.85 Å². The molecule has 0 aliphatic heterocycles. The Morgan fingerprint density at radius 1 is 0.636 bits per heavy atom. The van der Waals surface area contributed by atoms with Gasteiger partial charge in [-0.05, 0) is 0 Å². The van der Waals surface area contributed by atoms with Crippen molar-refractivity contribution in [3.05, 3.63) is 0 Å². The Labute approximate surface area is 72.2 Å². The molecule has 1 heteroatoms. The summed E-state index contributed by atoms with van der Waals surface area (Å²) in [4.78, 5) is 0. The summed E-state index contributed by atoms with van der Waals surface area (Å²) in [5.41, 5.74) is 0. The van der Waals surface area contributed by atoms with Crippen LogP contribution in [0.4, 0.5) is 0 Å². The summed E-state index contributed by atoms with van der Waals surface area (Å²) in [5, 5.41) is 0. The molecule has 62 valence electrons. The lowest BCUT2D eigenvalue weighted by Gasteiger charge is -2.13. The van der Waals surface area contributed by atoms with Crippen molar-refractivity contribution < 1.29 is 0 Å². The van der Waals surface area contributed by atoms with Crippen LogP contribution < -0.4 is 0 Å². The molecular formula is C10H19B. The predicted octanol–water partition coefficient (Wildman–Crippen LogP) is 3.47. The molecule has 1 aliphatic rings. The third kappa shape index (κ3) is 4.50. The van der Waals surface area contributed by atoms with Crippen LogP contribution >= 0.6 is 0 Å². The molecule has 0 unspecified atom stereocenters. The van der Waals surface area contributed by atoms with E-state index in [1.807, 2.05) is 0 Å². The molecule has 0 atom stereocenters. The minimum atomic E-state index is 0.507. The maximum absolute atomic E-state index is 5.92. The average molecular weight is 150 g/mol. The molecule has 0 nitrogen and oxygen atoms in total. The molecule has 0 aromatic rings. The van der Waals surface area contributed by atoms with Crippen molar-refractivity contribution in [3.63, 3.8) is 0 Å². The monoisotopic (exact) mass is 150 g/mol. The standard InChI is InChI=1S/C10H19B/c11-10-8-6-4-2-1-3-5-7-9-10/h10H,1-9H2. The van der Waals surface area contributed by atoms with E-state index >= 15 is 0 Å². The molecule has 0 amide bonds. The lowest BCUT2D eigenvalue weighted by Crippen LogP contribution is -1.95. The van der Waals surface area contributed by atoms with Crippen LogP contribution in [0, 0.1) is 0 Å². The van der Waals surface area contributed by atoms with E-state index in [0.29, 0.717) is 5.82 Å². The van der Waals surface area contributed by atoms with Crippen LogP contribution in [0.25, 0.3) is 0 Å². The number of hydrogen-bond donors (Lipinski definition) is 0. The lowest BCUT2D eigenvalue weighted by molar-refractivity contribution is 0.504. The molecule has 0 spiro atoms. The molecule has 0 bridgehead atoms. The highest BCUT2D eigenvalue weighted by Crippen LogP contribution is 2.22. The first-order valence-electron chi connectivity index (χ1n) is 5.15. The van der Waals surface area contributed by atoms with Crippen molar-refractivity contribution in [3.8, 4) is 0 Å². The van der Waals surface area contributed by atoms with Crippen molar-refractivity contribution in [1.29, 1.82) is 0 Å². The highest BCUT2D eigenvalue weighted by molar-refractivity contribution is 6.11. The van der Waals surface area contributed by atoms with Crippen LogP contribution in [0.3, 0.4) is 0 Å². The topological polar surface area (TPSA) is 0 Å². The van der Waals surface area contributed by atoms with Gasteiger partial charge in [0.1, 0.15) is 0 Å². The van der Waals surface area contributed by atoms with Gasteiger partial charge in [-0.15, -0.1) is 0 Å². The maximum Gasteiger partial charge on any atom is 0.0699 e. The Balaban J connectivity index is 2.12. The minimum absolute atomic E-state index is 0.507. The van der Waals surface area contributed by atoms with Gasteiger partial charge in [0, 0.05) is 0 Å². The van der Waals surface area contributed by atoms with E-state index in [2.05, 4.69) is 0 Å². The third-order valence-corrected chi connectivity index (χ3v) is 2.65. The van der Waals surface area contributed by atoms with Crippen LogP contribution in [0.2, 0.25) is 5.82 Å². The van der Waals surface area contributed by atoms with E-state index in [-0.39, 0.29) is 0 Å². The van der Waals surface area contributed by atoms with Gasteiger partial charge in [-0.1, -0.05) is 63.6 Å². The van der Waals surface area contributed by atoms with Gasteiger partial charge in [0.25, 0.3) is 0 Å². The zero-order valence-electron chi connectivity index (χ0n) is 7.52. The van der Waals surface area contributed by atoms with Crippen molar-refractivity contribution in [2.75, 3.05) is 0 Å². The Kier molecular flexibility index (Phi) is 4.73. The number of hydrogen-bond acceptors (Lipinski definition) is 0. The van der Waals surface area contributed by atoms with Gasteiger partial charge in [0.2, 0.25) is 0 Å². The van der Waals surface area contributed by atoms with E-state index in [1.165, 1.54) is 57.8 Å². The van der Waals surface area contributed by atoms with Gasteiger partial charge in [-0.3, -0.25) is 0 Å². The fourth-order valence-electron chi connectivity index (χ4n) is 1.84. The van der Waals surface area contributed by atoms with Crippen LogP contribution in [-0.4, -0.2) is 7.85 Å². The zero-order valence-corrected chi connectivity index (χ0v) is 7.52. The molecule has 1 fully saturated rings. The van der Waals surface area contributed by atoms with E-state index in [4.69, 9.17) is 7.85 Å². The van der Waals surface area contributed by atoms with Crippen molar-refractivity contribution in [1.82, 2.24) is 0 Å². The van der Waals surface area contributed by atoms with E-state index in [0.717, 1.165) is 0 Å². The molecule has 0 aromatic heterocycles. The van der Waals surface area contributed by atoms with E-state index < -0.39 is 0 Å². The third-order valence-electron chi connectivity index (χ3n) is 2.65. The summed E-state index contributed by atoms with van der Waals surface area (Å²) in [7, 11) is 5.92. The first-order valence-corrected chi connectivity index (χ1v) is 5.15. The molecule has 1 rings (SSSR count). The van der Waals surface area contributed by atoms with Gasteiger partial charge in [-0.2, -0.15) is 0 Å². The smallest absolute Gasteiger partial charge is 0.0699 e. The van der Waals surface area contributed by atoms with Crippen molar-refractivity contribution in [2.24, 2.45) is 0 Å². The fourth-order valence-corrected chi connectivity index (χ4v) is 1.84. The molecule has 0 saturated heterocycles. The zero-order chi connectivity index (χ0) is 7.94. The molecule has 0 heterocycles. The second kappa shape index (κ2) is 5.68. The Hall–Kier alpha value is 0.0649. The van der Waals surface area contributed by atoms with Crippen LogP contribution in [0.5, 0.6) is 0 Å². The van der Waals surface area contributed by atoms with Gasteiger partial charge in [0.15, 0.2) is 0 Å². The summed E-state index contributed by atoms with van der Waals surface area (Å²) in [5.74, 6) is 0.507. The van der Waals surface area contributed by atoms with Crippen LogP contribution in [-0.2, 0) is 0 Å². The summed E-state index contributed by atoms with van der Waals surface area (Å²) in [6, 6.07) is 0. The average Bonchev–Trinajstić information content (AvgIpc) is 2.03. The molecule has 1 saturated carbocycles. The van der Waals surface area contributed by atoms with Crippen molar-refractivity contribution in [2.45, 2.75) is 63.6 Å². The Morgan fingerprint density at radius 3 is 1.45 bits per heavy atom. The van der Waals surface area contributed by atoms with Crippen LogP contribution in [0.1, 0.15) is 57.8 Å². The van der Waals surface area contributed by atoms with E-state index in [1.54, 1.807) is 0 Å². The summed E-state index contributed by atoms with van der Waals surface area (Å²) in [6.07, 6.45) is 12.4. The first kappa shape index (κ1) is 9.16. The Bertz CT molecular complexity index is 80.9. The number of rotatable bonds is 0. The van der Waals surface area contributed by atoms with Crippen LogP contribution in [0.15, 0.2) is 0 Å². The van der Waals surface area contributed by atoms with Crippen molar-refractivity contribution >= 4 is 7.85 Å². The molecule has 1 aliphatic carbocycles. The summed E-state index contributed by atoms with van der Waals surface area (Å²) >= 11 is 0. The Morgan fingerprint density at radius 2 is 1.00 bits per heavy atom. The van der Waals surface area contributed by atoms with E-state index in [9.17, 15) is 0 Å². The highest BCUT2D eigenvalue weighted by atomic mass is 14.1. The normalized spacial score (nSPS) is 24.7. The largest absolute Gasteiger partial charge is 0.0774 e. The summed E-state index contributed by atoms with van der Waals surface area (Å²) in [6.45, 7) is 0. The van der Waals surface area contributed by atoms with Gasteiger partial charge >= 0.3 is 0 Å². The molecule has 2 radical (unpaired) electrons. The maximum atomic E-state index is 5.92. The second-order valence-corrected chi connectivity index (χ2v) is 3.81.